The van der Waals surface area contributed by atoms with Gasteiger partial charge in [0.25, 0.3) is 0 Å². The standard InChI is InChI=1S/C11H21N/c1-11(2,3)10-9-7-8(9)5-6-12(10)4/h8-10H,5-7H2,1-4H3. The van der Waals surface area contributed by atoms with E-state index in [-0.39, 0.29) is 0 Å². The van der Waals surface area contributed by atoms with E-state index in [1.165, 1.54) is 19.4 Å². The van der Waals surface area contributed by atoms with Crippen LogP contribution in [0.4, 0.5) is 0 Å². The van der Waals surface area contributed by atoms with E-state index in [9.17, 15) is 0 Å². The highest BCUT2D eigenvalue weighted by molar-refractivity contribution is 5.03. The molecule has 3 unspecified atom stereocenters. The first-order valence-corrected chi connectivity index (χ1v) is 5.20. The molecule has 70 valence electrons. The molecule has 0 bridgehead atoms. The third-order valence-electron chi connectivity index (χ3n) is 3.60. The van der Waals surface area contributed by atoms with Crippen LogP contribution in [-0.2, 0) is 0 Å². The SMILES string of the molecule is CN1CCC2CC2C1C(C)(C)C. The van der Waals surface area contributed by atoms with Crippen LogP contribution in [0.1, 0.15) is 33.6 Å². The van der Waals surface area contributed by atoms with E-state index < -0.39 is 0 Å². The average Bonchev–Trinajstić information content (AvgIpc) is 2.61. The van der Waals surface area contributed by atoms with Crippen molar-refractivity contribution in [3.8, 4) is 0 Å². The van der Waals surface area contributed by atoms with E-state index in [4.69, 9.17) is 0 Å². The smallest absolute Gasteiger partial charge is 0.0172 e. The quantitative estimate of drug-likeness (QED) is 0.535. The Kier molecular flexibility index (Phi) is 1.76. The third-order valence-corrected chi connectivity index (χ3v) is 3.60. The normalized spacial score (nSPS) is 42.5. The maximum absolute atomic E-state index is 2.58. The van der Waals surface area contributed by atoms with Gasteiger partial charge in [0.2, 0.25) is 0 Å². The molecule has 3 atom stereocenters. The van der Waals surface area contributed by atoms with Crippen molar-refractivity contribution in [2.75, 3.05) is 13.6 Å². The topological polar surface area (TPSA) is 3.24 Å². The average molecular weight is 167 g/mol. The summed E-state index contributed by atoms with van der Waals surface area (Å²) in [6.07, 6.45) is 2.96. The Labute approximate surface area is 76.1 Å². The van der Waals surface area contributed by atoms with Crippen LogP contribution in [0.2, 0.25) is 0 Å². The summed E-state index contributed by atoms with van der Waals surface area (Å²) in [5, 5.41) is 0. The summed E-state index contributed by atoms with van der Waals surface area (Å²) >= 11 is 0. The first-order valence-electron chi connectivity index (χ1n) is 5.20. The second-order valence-electron chi connectivity index (χ2n) is 5.74. The highest BCUT2D eigenvalue weighted by atomic mass is 15.2. The zero-order chi connectivity index (χ0) is 8.93. The molecule has 1 aliphatic heterocycles. The van der Waals surface area contributed by atoms with Crippen molar-refractivity contribution in [1.29, 1.82) is 0 Å². The molecule has 0 spiro atoms. The lowest BCUT2D eigenvalue weighted by molar-refractivity contribution is 0.0769. The predicted molar refractivity (Wildman–Crippen MR) is 52.1 cm³/mol. The van der Waals surface area contributed by atoms with Crippen LogP contribution in [-0.4, -0.2) is 24.5 Å². The van der Waals surface area contributed by atoms with Gasteiger partial charge >= 0.3 is 0 Å². The van der Waals surface area contributed by atoms with E-state index in [1.807, 2.05) is 0 Å². The molecule has 12 heavy (non-hydrogen) atoms. The lowest BCUT2D eigenvalue weighted by atomic mass is 9.80. The van der Waals surface area contributed by atoms with Crippen molar-refractivity contribution in [2.45, 2.75) is 39.7 Å². The number of piperidine rings is 1. The van der Waals surface area contributed by atoms with Crippen molar-refractivity contribution in [2.24, 2.45) is 17.3 Å². The summed E-state index contributed by atoms with van der Waals surface area (Å²) in [5.41, 5.74) is 0.481. The fourth-order valence-electron chi connectivity index (χ4n) is 3.13. The molecular formula is C11H21N. The predicted octanol–water partition coefficient (Wildman–Crippen LogP) is 2.37. The van der Waals surface area contributed by atoms with Crippen molar-refractivity contribution >= 4 is 0 Å². The van der Waals surface area contributed by atoms with Gasteiger partial charge in [-0.15, -0.1) is 0 Å². The lowest BCUT2D eigenvalue weighted by Gasteiger charge is -2.41. The molecule has 1 heterocycles. The largest absolute Gasteiger partial charge is 0.303 e. The molecule has 1 saturated heterocycles. The van der Waals surface area contributed by atoms with Crippen molar-refractivity contribution in [3.05, 3.63) is 0 Å². The summed E-state index contributed by atoms with van der Waals surface area (Å²) in [5.74, 6) is 2.12. The summed E-state index contributed by atoms with van der Waals surface area (Å²) in [6, 6.07) is 0.844. The van der Waals surface area contributed by atoms with Gasteiger partial charge in [-0.2, -0.15) is 0 Å². The van der Waals surface area contributed by atoms with Gasteiger partial charge in [0.1, 0.15) is 0 Å². The van der Waals surface area contributed by atoms with Crippen LogP contribution >= 0.6 is 0 Å². The Morgan fingerprint density at radius 1 is 1.25 bits per heavy atom. The molecule has 2 fully saturated rings. The van der Waals surface area contributed by atoms with Gasteiger partial charge in [-0.1, -0.05) is 20.8 Å². The summed E-state index contributed by atoms with van der Waals surface area (Å²) < 4.78 is 0. The van der Waals surface area contributed by atoms with Crippen molar-refractivity contribution < 1.29 is 0 Å². The Morgan fingerprint density at radius 3 is 2.42 bits per heavy atom. The number of fused-ring (bicyclic) bond motifs is 1. The maximum Gasteiger partial charge on any atom is 0.0172 e. The first kappa shape index (κ1) is 8.55. The second kappa shape index (κ2) is 2.47. The van der Waals surface area contributed by atoms with Crippen LogP contribution in [0, 0.1) is 17.3 Å². The molecule has 2 aliphatic rings. The monoisotopic (exact) mass is 167 g/mol. The van der Waals surface area contributed by atoms with Crippen molar-refractivity contribution in [3.63, 3.8) is 0 Å². The molecule has 2 rings (SSSR count). The maximum atomic E-state index is 2.58. The minimum Gasteiger partial charge on any atom is -0.303 e. The summed E-state index contributed by atoms with van der Waals surface area (Å²) in [4.78, 5) is 2.58. The molecular weight excluding hydrogens is 146 g/mol. The molecule has 1 aliphatic carbocycles. The Bertz CT molecular complexity index is 178. The highest BCUT2D eigenvalue weighted by Gasteiger charge is 2.51. The van der Waals surface area contributed by atoms with Crippen LogP contribution < -0.4 is 0 Å². The van der Waals surface area contributed by atoms with Gasteiger partial charge in [-0.3, -0.25) is 0 Å². The molecule has 1 heteroatoms. The van der Waals surface area contributed by atoms with Crippen LogP contribution in [0.3, 0.4) is 0 Å². The summed E-state index contributed by atoms with van der Waals surface area (Å²) in [7, 11) is 2.30. The Balaban J connectivity index is 2.11. The zero-order valence-corrected chi connectivity index (χ0v) is 8.80. The minimum absolute atomic E-state index is 0.481. The van der Waals surface area contributed by atoms with Crippen LogP contribution in [0.15, 0.2) is 0 Å². The van der Waals surface area contributed by atoms with Crippen molar-refractivity contribution in [1.82, 2.24) is 4.90 Å². The molecule has 0 N–H and O–H groups in total. The number of hydrogen-bond acceptors (Lipinski definition) is 1. The van der Waals surface area contributed by atoms with E-state index in [0.717, 1.165) is 17.9 Å². The number of hydrogen-bond donors (Lipinski definition) is 0. The molecule has 0 aromatic rings. The molecule has 1 nitrogen and oxygen atoms in total. The van der Waals surface area contributed by atoms with E-state index in [2.05, 4.69) is 32.7 Å². The minimum atomic E-state index is 0.481. The molecule has 0 radical (unpaired) electrons. The fraction of sp³-hybridized carbons (Fsp3) is 1.00. The molecule has 1 saturated carbocycles. The van der Waals surface area contributed by atoms with Crippen LogP contribution in [0.25, 0.3) is 0 Å². The van der Waals surface area contributed by atoms with Gasteiger partial charge in [-0.25, -0.2) is 0 Å². The molecule has 0 amide bonds. The lowest BCUT2D eigenvalue weighted by Crippen LogP contribution is -2.46. The fourth-order valence-corrected chi connectivity index (χ4v) is 3.13. The third kappa shape index (κ3) is 1.28. The van der Waals surface area contributed by atoms with Crippen LogP contribution in [0.5, 0.6) is 0 Å². The number of rotatable bonds is 0. The van der Waals surface area contributed by atoms with Gasteiger partial charge in [0.05, 0.1) is 0 Å². The zero-order valence-electron chi connectivity index (χ0n) is 8.80. The first-order chi connectivity index (χ1) is 5.50. The number of nitrogens with zero attached hydrogens (tertiary/aromatic N) is 1. The summed E-state index contributed by atoms with van der Waals surface area (Å²) in [6.45, 7) is 8.47. The van der Waals surface area contributed by atoms with Gasteiger partial charge in [0.15, 0.2) is 0 Å². The highest BCUT2D eigenvalue weighted by Crippen LogP contribution is 2.52. The van der Waals surface area contributed by atoms with Gasteiger partial charge in [0, 0.05) is 6.04 Å². The van der Waals surface area contributed by atoms with Gasteiger partial charge in [-0.05, 0) is 43.7 Å². The molecule has 0 aromatic carbocycles. The Morgan fingerprint density at radius 2 is 1.92 bits per heavy atom. The van der Waals surface area contributed by atoms with E-state index >= 15 is 0 Å². The second-order valence-corrected chi connectivity index (χ2v) is 5.74. The van der Waals surface area contributed by atoms with E-state index in [1.54, 1.807) is 0 Å². The van der Waals surface area contributed by atoms with E-state index in [0.29, 0.717) is 5.41 Å². The number of likely N-dealkylation sites (tertiary alicyclic amines) is 1. The Hall–Kier alpha value is -0.0400. The molecule has 0 aromatic heterocycles. The van der Waals surface area contributed by atoms with Gasteiger partial charge < -0.3 is 4.90 Å².